The zero-order valence-corrected chi connectivity index (χ0v) is 20.1. The number of rotatable bonds is 11. The molecule has 0 radical (unpaired) electrons. The smallest absolute Gasteiger partial charge is 0.407 e. The molecule has 0 heterocycles. The van der Waals surface area contributed by atoms with E-state index in [1.54, 1.807) is 0 Å². The number of carbonyl (C=O) groups excluding carboxylic acids is 2. The third-order valence-corrected chi connectivity index (χ3v) is 6.04. The molecule has 0 spiro atoms. The molecular formula is C27H34N2O5. The van der Waals surface area contributed by atoms with Crippen molar-refractivity contribution in [1.82, 2.24) is 10.2 Å². The van der Waals surface area contributed by atoms with Gasteiger partial charge in [-0.15, -0.1) is 0 Å². The Labute approximate surface area is 201 Å². The predicted molar refractivity (Wildman–Crippen MR) is 131 cm³/mol. The third-order valence-electron chi connectivity index (χ3n) is 6.04. The van der Waals surface area contributed by atoms with Crippen LogP contribution in [0, 0.1) is 5.92 Å². The van der Waals surface area contributed by atoms with Crippen LogP contribution in [0.15, 0.2) is 48.5 Å². The van der Waals surface area contributed by atoms with Gasteiger partial charge in [0.15, 0.2) is 0 Å². The first-order valence-corrected chi connectivity index (χ1v) is 11.9. The lowest BCUT2D eigenvalue weighted by Gasteiger charge is -2.28. The number of hydrogen-bond acceptors (Lipinski definition) is 4. The Morgan fingerprint density at radius 1 is 1.00 bits per heavy atom. The van der Waals surface area contributed by atoms with Gasteiger partial charge < -0.3 is 20.1 Å². The average molecular weight is 467 g/mol. The van der Waals surface area contributed by atoms with Crippen LogP contribution in [0.5, 0.6) is 0 Å². The van der Waals surface area contributed by atoms with Crippen molar-refractivity contribution in [3.05, 3.63) is 59.7 Å². The lowest BCUT2D eigenvalue weighted by molar-refractivity contribution is -0.139. The van der Waals surface area contributed by atoms with Crippen LogP contribution < -0.4 is 5.32 Å². The van der Waals surface area contributed by atoms with E-state index < -0.39 is 18.1 Å². The maximum absolute atomic E-state index is 13.2. The maximum Gasteiger partial charge on any atom is 0.407 e. The molecule has 2 amide bonds. The Kier molecular flexibility index (Phi) is 8.68. The lowest BCUT2D eigenvalue weighted by Crippen LogP contribution is -2.50. The molecule has 7 heteroatoms. The number of nitrogens with one attached hydrogen (secondary N) is 1. The van der Waals surface area contributed by atoms with Crippen LogP contribution in [0.25, 0.3) is 11.1 Å². The van der Waals surface area contributed by atoms with E-state index in [0.717, 1.165) is 22.3 Å². The summed E-state index contributed by atoms with van der Waals surface area (Å²) in [5, 5.41) is 11.8. The number of aliphatic carboxylic acids is 1. The Hall–Kier alpha value is -3.35. The van der Waals surface area contributed by atoms with E-state index in [-0.39, 0.29) is 37.3 Å². The van der Waals surface area contributed by atoms with Crippen molar-refractivity contribution in [2.24, 2.45) is 5.92 Å². The van der Waals surface area contributed by atoms with Crippen LogP contribution in [0.2, 0.25) is 0 Å². The normalized spacial score (nSPS) is 13.2. The van der Waals surface area contributed by atoms with Gasteiger partial charge >= 0.3 is 12.1 Å². The largest absolute Gasteiger partial charge is 0.481 e. The second kappa shape index (κ2) is 11.7. The predicted octanol–water partition coefficient (Wildman–Crippen LogP) is 4.65. The molecule has 2 aromatic carbocycles. The van der Waals surface area contributed by atoms with Crippen LogP contribution in [-0.4, -0.2) is 53.7 Å². The summed E-state index contributed by atoms with van der Waals surface area (Å²) in [4.78, 5) is 38.5. The van der Waals surface area contributed by atoms with Gasteiger partial charge in [0.05, 0.1) is 6.42 Å². The number of ether oxygens (including phenoxy) is 1. The Morgan fingerprint density at radius 2 is 1.59 bits per heavy atom. The first kappa shape index (κ1) is 25.3. The van der Waals surface area contributed by atoms with Crippen molar-refractivity contribution in [3.8, 4) is 11.1 Å². The van der Waals surface area contributed by atoms with Gasteiger partial charge in [-0.25, -0.2) is 4.79 Å². The van der Waals surface area contributed by atoms with Crippen LogP contribution in [0.3, 0.4) is 0 Å². The number of alkyl carbamates (subject to hydrolysis) is 1. The van der Waals surface area contributed by atoms with E-state index in [2.05, 4.69) is 29.6 Å². The molecule has 1 aliphatic carbocycles. The van der Waals surface area contributed by atoms with Gasteiger partial charge in [-0.3, -0.25) is 9.59 Å². The minimum absolute atomic E-state index is 0.0652. The Bertz CT molecular complexity index is 974. The van der Waals surface area contributed by atoms with Crippen molar-refractivity contribution in [3.63, 3.8) is 0 Å². The molecule has 0 fully saturated rings. The summed E-state index contributed by atoms with van der Waals surface area (Å²) >= 11 is 0. The fourth-order valence-corrected chi connectivity index (χ4v) is 4.53. The van der Waals surface area contributed by atoms with Crippen molar-refractivity contribution in [2.45, 2.75) is 52.0 Å². The number of hydrogen-bond donors (Lipinski definition) is 2. The summed E-state index contributed by atoms with van der Waals surface area (Å²) in [6, 6.07) is 15.4. The number of amides is 2. The van der Waals surface area contributed by atoms with Crippen LogP contribution in [-0.2, 0) is 14.3 Å². The minimum atomic E-state index is -0.959. The topological polar surface area (TPSA) is 95.9 Å². The number of carboxylic acid groups (broad SMARTS) is 1. The van der Waals surface area contributed by atoms with E-state index >= 15 is 0 Å². The average Bonchev–Trinajstić information content (AvgIpc) is 3.13. The Balaban J connectivity index is 1.68. The minimum Gasteiger partial charge on any atom is -0.481 e. The summed E-state index contributed by atoms with van der Waals surface area (Å²) in [7, 11) is 0. The van der Waals surface area contributed by atoms with E-state index in [1.807, 2.05) is 45.0 Å². The van der Waals surface area contributed by atoms with Gasteiger partial charge in [0.1, 0.15) is 12.6 Å². The van der Waals surface area contributed by atoms with Gasteiger partial charge in [-0.05, 0) is 41.0 Å². The van der Waals surface area contributed by atoms with E-state index in [1.165, 1.54) is 4.90 Å². The fraction of sp³-hybridized carbons (Fsp3) is 0.444. The first-order chi connectivity index (χ1) is 16.3. The molecule has 34 heavy (non-hydrogen) atoms. The SMILES string of the molecule is CCCN(CCC(=O)O)C(=O)C(CC(C)C)NC(=O)OCC1c2ccccc2-c2ccccc21. The summed E-state index contributed by atoms with van der Waals surface area (Å²) in [5.74, 6) is -1.14. The van der Waals surface area contributed by atoms with E-state index in [0.29, 0.717) is 19.4 Å². The molecular weight excluding hydrogens is 432 g/mol. The molecule has 2 aromatic rings. The molecule has 0 saturated heterocycles. The number of benzene rings is 2. The maximum atomic E-state index is 13.2. The molecule has 2 N–H and O–H groups in total. The molecule has 1 atom stereocenters. The molecule has 182 valence electrons. The Morgan fingerprint density at radius 3 is 2.12 bits per heavy atom. The van der Waals surface area contributed by atoms with Crippen molar-refractivity contribution >= 4 is 18.0 Å². The van der Waals surface area contributed by atoms with Crippen LogP contribution in [0.1, 0.15) is 57.1 Å². The third kappa shape index (κ3) is 6.16. The van der Waals surface area contributed by atoms with Crippen molar-refractivity contribution in [1.29, 1.82) is 0 Å². The number of carbonyl (C=O) groups is 3. The zero-order valence-electron chi connectivity index (χ0n) is 20.1. The fourth-order valence-electron chi connectivity index (χ4n) is 4.53. The molecule has 0 bridgehead atoms. The summed E-state index contributed by atoms with van der Waals surface area (Å²) < 4.78 is 5.62. The quantitative estimate of drug-likeness (QED) is 0.502. The summed E-state index contributed by atoms with van der Waals surface area (Å²) in [6.07, 6.45) is 0.363. The second-order valence-electron chi connectivity index (χ2n) is 9.12. The lowest BCUT2D eigenvalue weighted by atomic mass is 9.98. The highest BCUT2D eigenvalue weighted by molar-refractivity contribution is 5.86. The standard InChI is InChI=1S/C27H34N2O5/c1-4-14-29(15-13-25(30)31)26(32)24(16-18(2)3)28-27(33)34-17-23-21-11-7-5-9-19(21)20-10-6-8-12-22(20)23/h5-12,18,23-24H,4,13-17H2,1-3H3,(H,28,33)(H,30,31). The second-order valence-corrected chi connectivity index (χ2v) is 9.12. The van der Waals surface area contributed by atoms with Crippen molar-refractivity contribution < 1.29 is 24.2 Å². The summed E-state index contributed by atoms with van der Waals surface area (Å²) in [6.45, 7) is 6.59. The van der Waals surface area contributed by atoms with E-state index in [9.17, 15) is 14.4 Å². The van der Waals surface area contributed by atoms with Gasteiger partial charge in [0.2, 0.25) is 5.91 Å². The number of nitrogens with zero attached hydrogens (tertiary/aromatic N) is 1. The number of carboxylic acids is 1. The van der Waals surface area contributed by atoms with Gasteiger partial charge in [0.25, 0.3) is 0 Å². The first-order valence-electron chi connectivity index (χ1n) is 11.9. The monoisotopic (exact) mass is 466 g/mol. The number of fused-ring (bicyclic) bond motifs is 3. The van der Waals surface area contributed by atoms with Gasteiger partial charge in [0, 0.05) is 19.0 Å². The van der Waals surface area contributed by atoms with Crippen LogP contribution in [0.4, 0.5) is 4.79 Å². The molecule has 0 saturated carbocycles. The van der Waals surface area contributed by atoms with Crippen LogP contribution >= 0.6 is 0 Å². The summed E-state index contributed by atoms with van der Waals surface area (Å²) in [5.41, 5.74) is 4.53. The zero-order chi connectivity index (χ0) is 24.7. The van der Waals surface area contributed by atoms with E-state index in [4.69, 9.17) is 9.84 Å². The molecule has 7 nitrogen and oxygen atoms in total. The molecule has 0 aliphatic heterocycles. The highest BCUT2D eigenvalue weighted by atomic mass is 16.5. The van der Waals surface area contributed by atoms with Gasteiger partial charge in [-0.1, -0.05) is 69.3 Å². The van der Waals surface area contributed by atoms with Gasteiger partial charge in [-0.2, -0.15) is 0 Å². The highest BCUT2D eigenvalue weighted by Gasteiger charge is 2.31. The highest BCUT2D eigenvalue weighted by Crippen LogP contribution is 2.44. The van der Waals surface area contributed by atoms with Crippen molar-refractivity contribution in [2.75, 3.05) is 19.7 Å². The molecule has 3 rings (SSSR count). The molecule has 1 unspecified atom stereocenters. The molecule has 1 aliphatic rings. The molecule has 0 aromatic heterocycles.